The van der Waals surface area contributed by atoms with Crippen LogP contribution in [-0.2, 0) is 11.3 Å². The second kappa shape index (κ2) is 5.87. The Labute approximate surface area is 123 Å². The van der Waals surface area contributed by atoms with Gasteiger partial charge in [-0.15, -0.1) is 0 Å². The molecule has 0 bridgehead atoms. The van der Waals surface area contributed by atoms with Crippen molar-refractivity contribution in [2.45, 2.75) is 6.54 Å². The van der Waals surface area contributed by atoms with E-state index in [1.807, 2.05) is 0 Å². The van der Waals surface area contributed by atoms with Crippen LogP contribution in [0.15, 0.2) is 35.1 Å². The number of hydrogen-bond acceptors (Lipinski definition) is 4. The molecule has 0 spiro atoms. The lowest BCUT2D eigenvalue weighted by molar-refractivity contribution is 0.0600. The number of hydrogen-bond donors (Lipinski definition) is 1. The van der Waals surface area contributed by atoms with E-state index >= 15 is 0 Å². The molecule has 1 amide bonds. The van der Waals surface area contributed by atoms with Gasteiger partial charge in [0.15, 0.2) is 0 Å². The maximum absolute atomic E-state index is 11.4. The Morgan fingerprint density at radius 3 is 2.70 bits per heavy atom. The first-order valence-electron chi connectivity index (χ1n) is 5.70. The number of ether oxygens (including phenoxy) is 1. The van der Waals surface area contributed by atoms with Gasteiger partial charge < -0.3 is 10.5 Å². The Kier molecular flexibility index (Phi) is 4.19. The zero-order chi connectivity index (χ0) is 14.7. The Hall–Kier alpha value is -2.15. The highest BCUT2D eigenvalue weighted by molar-refractivity contribution is 9.10. The summed E-state index contributed by atoms with van der Waals surface area (Å²) in [6.07, 6.45) is 2.99. The lowest BCUT2D eigenvalue weighted by atomic mass is 10.1. The predicted octanol–water partition coefficient (Wildman–Crippen LogP) is 1.58. The van der Waals surface area contributed by atoms with Crippen LogP contribution in [0, 0.1) is 0 Å². The molecule has 2 aromatic rings. The second-order valence-corrected chi connectivity index (χ2v) is 4.94. The van der Waals surface area contributed by atoms with Crippen LogP contribution in [0.4, 0.5) is 0 Å². The lowest BCUT2D eigenvalue weighted by Crippen LogP contribution is -2.09. The van der Waals surface area contributed by atoms with Crippen LogP contribution >= 0.6 is 15.9 Å². The molecule has 2 N–H and O–H groups in total. The summed E-state index contributed by atoms with van der Waals surface area (Å²) in [6, 6.07) is 5.14. The largest absolute Gasteiger partial charge is 0.465 e. The number of methoxy groups -OCH3 is 1. The molecule has 0 atom stereocenters. The molecule has 0 aliphatic rings. The quantitative estimate of drug-likeness (QED) is 0.858. The topological polar surface area (TPSA) is 87.2 Å². The number of nitrogens with two attached hydrogens (primary N) is 1. The number of esters is 1. The van der Waals surface area contributed by atoms with E-state index in [0.29, 0.717) is 17.7 Å². The van der Waals surface area contributed by atoms with Gasteiger partial charge in [-0.05, 0) is 17.7 Å². The Bertz CT molecular complexity index is 667. The molecule has 20 heavy (non-hydrogen) atoms. The number of benzene rings is 1. The van der Waals surface area contributed by atoms with Crippen LogP contribution in [0.5, 0.6) is 0 Å². The van der Waals surface area contributed by atoms with Crippen molar-refractivity contribution in [3.05, 3.63) is 51.8 Å². The predicted molar refractivity (Wildman–Crippen MR) is 75.3 cm³/mol. The van der Waals surface area contributed by atoms with Crippen molar-refractivity contribution in [1.29, 1.82) is 0 Å². The summed E-state index contributed by atoms with van der Waals surface area (Å²) in [4.78, 5) is 22.4. The molecule has 0 aliphatic carbocycles. The summed E-state index contributed by atoms with van der Waals surface area (Å²) in [7, 11) is 1.33. The molecular weight excluding hydrogens is 326 g/mol. The minimum atomic E-state index is -0.517. The van der Waals surface area contributed by atoms with Gasteiger partial charge in [0.05, 0.1) is 31.0 Å². The molecule has 1 aromatic carbocycles. The summed E-state index contributed by atoms with van der Waals surface area (Å²) in [5.74, 6) is -0.913. The highest BCUT2D eigenvalue weighted by Gasteiger charge is 2.10. The van der Waals surface area contributed by atoms with E-state index < -0.39 is 11.9 Å². The van der Waals surface area contributed by atoms with E-state index in [9.17, 15) is 9.59 Å². The van der Waals surface area contributed by atoms with Gasteiger partial charge in [-0.2, -0.15) is 5.10 Å². The first-order chi connectivity index (χ1) is 9.51. The van der Waals surface area contributed by atoms with E-state index in [-0.39, 0.29) is 0 Å². The minimum absolute atomic E-state index is 0.354. The Morgan fingerprint density at radius 1 is 1.40 bits per heavy atom. The van der Waals surface area contributed by atoms with Crippen LogP contribution in [0.2, 0.25) is 0 Å². The van der Waals surface area contributed by atoms with E-state index in [0.717, 1.165) is 10.0 Å². The highest BCUT2D eigenvalue weighted by atomic mass is 79.9. The Balaban J connectivity index is 2.21. The van der Waals surface area contributed by atoms with Crippen molar-refractivity contribution < 1.29 is 14.3 Å². The van der Waals surface area contributed by atoms with Crippen molar-refractivity contribution >= 4 is 27.8 Å². The van der Waals surface area contributed by atoms with E-state index in [4.69, 9.17) is 5.73 Å². The molecule has 6 nitrogen and oxygen atoms in total. The monoisotopic (exact) mass is 337 g/mol. The first-order valence-corrected chi connectivity index (χ1v) is 6.49. The van der Waals surface area contributed by atoms with Crippen LogP contribution in [0.3, 0.4) is 0 Å². The zero-order valence-corrected chi connectivity index (χ0v) is 12.3. The third-order valence-corrected chi connectivity index (χ3v) is 3.46. The third kappa shape index (κ3) is 3.05. The molecular formula is C13H12BrN3O3. The van der Waals surface area contributed by atoms with Crippen LogP contribution < -0.4 is 5.73 Å². The minimum Gasteiger partial charge on any atom is -0.465 e. The van der Waals surface area contributed by atoms with Gasteiger partial charge in [0.2, 0.25) is 0 Å². The fraction of sp³-hybridized carbons (Fsp3) is 0.154. The maximum Gasteiger partial charge on any atom is 0.337 e. The van der Waals surface area contributed by atoms with Gasteiger partial charge in [0.1, 0.15) is 0 Å². The van der Waals surface area contributed by atoms with Crippen molar-refractivity contribution in [3.63, 3.8) is 0 Å². The highest BCUT2D eigenvalue weighted by Crippen LogP contribution is 2.20. The number of halogens is 1. The standard InChI is InChI=1S/C13H12BrN3O3/c1-20-13(19)8-2-3-9(11(14)4-8)6-17-7-10(5-16-17)12(15)18/h2-5,7H,6H2,1H3,(H2,15,18). The average molecular weight is 338 g/mol. The average Bonchev–Trinajstić information content (AvgIpc) is 2.89. The van der Waals surface area contributed by atoms with Crippen LogP contribution in [-0.4, -0.2) is 28.8 Å². The van der Waals surface area contributed by atoms with Gasteiger partial charge in [0.25, 0.3) is 5.91 Å². The van der Waals surface area contributed by atoms with Gasteiger partial charge in [-0.1, -0.05) is 22.0 Å². The molecule has 7 heteroatoms. The molecule has 104 valence electrons. The Morgan fingerprint density at radius 2 is 2.15 bits per heavy atom. The van der Waals surface area contributed by atoms with Crippen molar-refractivity contribution in [2.24, 2.45) is 5.73 Å². The fourth-order valence-electron chi connectivity index (χ4n) is 1.67. The van der Waals surface area contributed by atoms with E-state index in [1.54, 1.807) is 29.1 Å². The zero-order valence-electron chi connectivity index (χ0n) is 10.7. The van der Waals surface area contributed by atoms with Gasteiger partial charge in [0, 0.05) is 10.7 Å². The molecule has 1 heterocycles. The number of nitrogens with zero attached hydrogens (tertiary/aromatic N) is 2. The van der Waals surface area contributed by atoms with Gasteiger partial charge >= 0.3 is 5.97 Å². The van der Waals surface area contributed by atoms with Crippen LogP contribution in [0.1, 0.15) is 26.3 Å². The number of amides is 1. The lowest BCUT2D eigenvalue weighted by Gasteiger charge is -2.06. The van der Waals surface area contributed by atoms with Gasteiger partial charge in [-0.3, -0.25) is 9.48 Å². The van der Waals surface area contributed by atoms with Gasteiger partial charge in [-0.25, -0.2) is 4.79 Å². The normalized spacial score (nSPS) is 10.3. The van der Waals surface area contributed by atoms with E-state index in [1.165, 1.54) is 13.3 Å². The molecule has 0 saturated carbocycles. The number of primary amides is 1. The number of carbonyl (C=O) groups is 2. The molecule has 2 rings (SSSR count). The number of aromatic nitrogens is 2. The number of carbonyl (C=O) groups excluding carboxylic acids is 2. The fourth-order valence-corrected chi connectivity index (χ4v) is 2.18. The number of rotatable bonds is 4. The molecule has 0 radical (unpaired) electrons. The van der Waals surface area contributed by atoms with Crippen LogP contribution in [0.25, 0.3) is 0 Å². The van der Waals surface area contributed by atoms with Crippen molar-refractivity contribution in [3.8, 4) is 0 Å². The summed E-state index contributed by atoms with van der Waals surface area (Å²) in [5.41, 5.74) is 6.89. The molecule has 1 aromatic heterocycles. The molecule has 0 unspecified atom stereocenters. The van der Waals surface area contributed by atoms with E-state index in [2.05, 4.69) is 25.8 Å². The molecule has 0 fully saturated rings. The summed E-state index contributed by atoms with van der Waals surface area (Å²) in [5, 5.41) is 4.05. The second-order valence-electron chi connectivity index (χ2n) is 4.09. The SMILES string of the molecule is COC(=O)c1ccc(Cn2cc(C(N)=O)cn2)c(Br)c1. The first kappa shape index (κ1) is 14.3. The van der Waals surface area contributed by atoms with Crippen molar-refractivity contribution in [2.75, 3.05) is 7.11 Å². The summed E-state index contributed by atoms with van der Waals surface area (Å²) >= 11 is 3.40. The third-order valence-electron chi connectivity index (χ3n) is 2.72. The summed E-state index contributed by atoms with van der Waals surface area (Å²) in [6.45, 7) is 0.454. The molecule has 0 saturated heterocycles. The smallest absolute Gasteiger partial charge is 0.337 e. The maximum atomic E-state index is 11.4. The molecule has 0 aliphatic heterocycles. The summed E-state index contributed by atoms with van der Waals surface area (Å²) < 4.78 is 7.01. The van der Waals surface area contributed by atoms with Crippen molar-refractivity contribution in [1.82, 2.24) is 9.78 Å².